The highest BCUT2D eigenvalue weighted by molar-refractivity contribution is 5.94. The number of anilines is 1. The number of nitrogens with zero attached hydrogens (tertiary/aromatic N) is 1. The predicted octanol–water partition coefficient (Wildman–Crippen LogP) is 5.79. The zero-order valence-electron chi connectivity index (χ0n) is 13.6. The molecule has 2 nitrogen and oxygen atoms in total. The second-order valence-electron chi connectivity index (χ2n) is 6.57. The molecule has 0 saturated heterocycles. The summed E-state index contributed by atoms with van der Waals surface area (Å²) in [7, 11) is 0. The number of fused-ring (bicyclic) bond motifs is 1. The molecule has 0 spiro atoms. The van der Waals surface area contributed by atoms with Crippen LogP contribution in [0.4, 0.5) is 10.2 Å². The van der Waals surface area contributed by atoms with Crippen molar-refractivity contribution < 1.29 is 4.39 Å². The minimum Gasteiger partial charge on any atom is -0.367 e. The summed E-state index contributed by atoms with van der Waals surface area (Å²) in [5.74, 6) is 0.584. The molecule has 1 fully saturated rings. The molecule has 1 aromatic heterocycles. The van der Waals surface area contributed by atoms with E-state index in [-0.39, 0.29) is 5.82 Å². The minimum atomic E-state index is -0.219. The molecule has 1 heterocycles. The van der Waals surface area contributed by atoms with Crippen LogP contribution >= 0.6 is 0 Å². The Morgan fingerprint density at radius 1 is 0.917 bits per heavy atom. The third-order valence-corrected chi connectivity index (χ3v) is 4.81. The second kappa shape index (κ2) is 6.60. The Kier molecular flexibility index (Phi) is 4.16. The zero-order valence-corrected chi connectivity index (χ0v) is 13.6. The van der Waals surface area contributed by atoms with E-state index in [0.717, 1.165) is 40.7 Å². The molecule has 2 aromatic carbocycles. The Labute approximate surface area is 141 Å². The maximum atomic E-state index is 13.8. The fourth-order valence-corrected chi connectivity index (χ4v) is 3.53. The van der Waals surface area contributed by atoms with Crippen molar-refractivity contribution in [1.29, 1.82) is 0 Å². The standard InChI is InChI=1S/C21H21FN2/c22-17-12-11-16-13-20(15-7-3-1-4-8-15)24-21(19(16)14-17)23-18-9-5-2-6-10-18/h1,3-4,7-8,11-14,18H,2,5-6,9-10H2,(H,23,24). The van der Waals surface area contributed by atoms with Crippen molar-refractivity contribution in [3.05, 3.63) is 60.4 Å². The van der Waals surface area contributed by atoms with Crippen molar-refractivity contribution >= 4 is 16.6 Å². The molecule has 0 unspecified atom stereocenters. The first kappa shape index (κ1) is 15.1. The van der Waals surface area contributed by atoms with Crippen molar-refractivity contribution in [2.45, 2.75) is 38.1 Å². The van der Waals surface area contributed by atoms with Crippen molar-refractivity contribution in [3.63, 3.8) is 0 Å². The molecule has 0 amide bonds. The van der Waals surface area contributed by atoms with Gasteiger partial charge in [-0.25, -0.2) is 9.37 Å². The maximum absolute atomic E-state index is 13.8. The lowest BCUT2D eigenvalue weighted by Gasteiger charge is -2.24. The molecule has 3 heteroatoms. The lowest BCUT2D eigenvalue weighted by Crippen LogP contribution is -2.23. The molecular formula is C21H21FN2. The van der Waals surface area contributed by atoms with Gasteiger partial charge >= 0.3 is 0 Å². The van der Waals surface area contributed by atoms with Gasteiger partial charge in [-0.2, -0.15) is 0 Å². The highest BCUT2D eigenvalue weighted by atomic mass is 19.1. The summed E-state index contributed by atoms with van der Waals surface area (Å²) < 4.78 is 13.8. The summed E-state index contributed by atoms with van der Waals surface area (Å²) in [4.78, 5) is 4.83. The lowest BCUT2D eigenvalue weighted by molar-refractivity contribution is 0.462. The number of halogens is 1. The molecule has 1 saturated carbocycles. The lowest BCUT2D eigenvalue weighted by atomic mass is 9.95. The molecular weight excluding hydrogens is 299 g/mol. The summed E-state index contributed by atoms with van der Waals surface area (Å²) in [6.45, 7) is 0. The van der Waals surface area contributed by atoms with Crippen LogP contribution in [-0.2, 0) is 0 Å². The third-order valence-electron chi connectivity index (χ3n) is 4.81. The van der Waals surface area contributed by atoms with Gasteiger partial charge in [0.2, 0.25) is 0 Å². The number of hydrogen-bond acceptors (Lipinski definition) is 2. The predicted molar refractivity (Wildman–Crippen MR) is 97.6 cm³/mol. The first-order valence-electron chi connectivity index (χ1n) is 8.72. The second-order valence-corrected chi connectivity index (χ2v) is 6.57. The van der Waals surface area contributed by atoms with E-state index in [1.54, 1.807) is 6.07 Å². The van der Waals surface area contributed by atoms with Crippen LogP contribution < -0.4 is 5.32 Å². The van der Waals surface area contributed by atoms with Gasteiger partial charge in [-0.3, -0.25) is 0 Å². The number of nitrogens with one attached hydrogen (secondary N) is 1. The number of rotatable bonds is 3. The van der Waals surface area contributed by atoms with Gasteiger partial charge in [0.15, 0.2) is 0 Å². The molecule has 1 aliphatic carbocycles. The summed E-state index contributed by atoms with van der Waals surface area (Å²) in [5, 5.41) is 5.46. The highest BCUT2D eigenvalue weighted by Crippen LogP contribution is 2.30. The van der Waals surface area contributed by atoms with Crippen LogP contribution in [0.25, 0.3) is 22.0 Å². The summed E-state index contributed by atoms with van der Waals surface area (Å²) in [6, 6.07) is 17.6. The number of pyridine rings is 1. The summed E-state index contributed by atoms with van der Waals surface area (Å²) >= 11 is 0. The molecule has 0 atom stereocenters. The first-order chi connectivity index (χ1) is 11.8. The Morgan fingerprint density at radius 3 is 2.50 bits per heavy atom. The smallest absolute Gasteiger partial charge is 0.134 e. The van der Waals surface area contributed by atoms with Gasteiger partial charge in [0.25, 0.3) is 0 Å². The fraction of sp³-hybridized carbons (Fsp3) is 0.286. The van der Waals surface area contributed by atoms with Crippen molar-refractivity contribution in [1.82, 2.24) is 4.98 Å². The molecule has 0 bridgehead atoms. The zero-order chi connectivity index (χ0) is 16.4. The quantitative estimate of drug-likeness (QED) is 0.661. The van der Waals surface area contributed by atoms with Crippen LogP contribution in [0.3, 0.4) is 0 Å². The van der Waals surface area contributed by atoms with E-state index in [1.807, 2.05) is 30.3 Å². The van der Waals surface area contributed by atoms with Crippen LogP contribution in [0.2, 0.25) is 0 Å². The molecule has 24 heavy (non-hydrogen) atoms. The average Bonchev–Trinajstić information content (AvgIpc) is 2.63. The minimum absolute atomic E-state index is 0.219. The Bertz CT molecular complexity index is 839. The van der Waals surface area contributed by atoms with Gasteiger partial charge in [0.05, 0.1) is 5.69 Å². The van der Waals surface area contributed by atoms with Crippen molar-refractivity contribution in [2.75, 3.05) is 5.32 Å². The molecule has 4 rings (SSSR count). The first-order valence-corrected chi connectivity index (χ1v) is 8.72. The number of aromatic nitrogens is 1. The molecule has 1 aliphatic rings. The van der Waals surface area contributed by atoms with Crippen LogP contribution in [0.5, 0.6) is 0 Å². The third kappa shape index (κ3) is 3.12. The average molecular weight is 320 g/mol. The fourth-order valence-electron chi connectivity index (χ4n) is 3.53. The summed E-state index contributed by atoms with van der Waals surface area (Å²) in [6.07, 6.45) is 6.14. The normalized spacial score (nSPS) is 15.5. The SMILES string of the molecule is Fc1ccc2cc(-c3ccccc3)nc(NC3CCCCC3)c2c1. The van der Waals surface area contributed by atoms with Crippen LogP contribution in [-0.4, -0.2) is 11.0 Å². The molecule has 1 N–H and O–H groups in total. The highest BCUT2D eigenvalue weighted by Gasteiger charge is 2.16. The van der Waals surface area contributed by atoms with Gasteiger partial charge in [-0.15, -0.1) is 0 Å². The van der Waals surface area contributed by atoms with Gasteiger partial charge in [0, 0.05) is 17.0 Å². The number of hydrogen-bond donors (Lipinski definition) is 1. The van der Waals surface area contributed by atoms with E-state index in [1.165, 1.54) is 25.3 Å². The van der Waals surface area contributed by atoms with E-state index >= 15 is 0 Å². The van der Waals surface area contributed by atoms with E-state index in [2.05, 4.69) is 17.4 Å². The molecule has 0 aliphatic heterocycles. The number of benzene rings is 2. The van der Waals surface area contributed by atoms with Crippen molar-refractivity contribution in [2.24, 2.45) is 0 Å². The van der Waals surface area contributed by atoms with E-state index in [4.69, 9.17) is 4.98 Å². The van der Waals surface area contributed by atoms with E-state index < -0.39 is 0 Å². The Balaban J connectivity index is 1.80. The molecule has 3 aromatic rings. The molecule has 122 valence electrons. The van der Waals surface area contributed by atoms with Crippen LogP contribution in [0, 0.1) is 5.82 Å². The van der Waals surface area contributed by atoms with Gasteiger partial charge in [-0.1, -0.05) is 55.7 Å². The van der Waals surface area contributed by atoms with Crippen molar-refractivity contribution in [3.8, 4) is 11.3 Å². The monoisotopic (exact) mass is 320 g/mol. The van der Waals surface area contributed by atoms with Crippen LogP contribution in [0.1, 0.15) is 32.1 Å². The van der Waals surface area contributed by atoms with E-state index in [0.29, 0.717) is 6.04 Å². The summed E-state index contributed by atoms with van der Waals surface area (Å²) in [5.41, 5.74) is 2.00. The maximum Gasteiger partial charge on any atom is 0.134 e. The van der Waals surface area contributed by atoms with E-state index in [9.17, 15) is 4.39 Å². The largest absolute Gasteiger partial charge is 0.367 e. The topological polar surface area (TPSA) is 24.9 Å². The van der Waals surface area contributed by atoms with Crippen LogP contribution in [0.15, 0.2) is 54.6 Å². The Morgan fingerprint density at radius 2 is 1.71 bits per heavy atom. The molecule has 0 radical (unpaired) electrons. The van der Waals surface area contributed by atoms with Gasteiger partial charge in [-0.05, 0) is 36.4 Å². The Hall–Kier alpha value is -2.42. The van der Waals surface area contributed by atoms with Gasteiger partial charge < -0.3 is 5.32 Å². The van der Waals surface area contributed by atoms with Gasteiger partial charge in [0.1, 0.15) is 11.6 Å².